The second-order valence-electron chi connectivity index (χ2n) is 6.73. The molecule has 1 saturated heterocycles. The summed E-state index contributed by atoms with van der Waals surface area (Å²) in [6.45, 7) is 0.336. The van der Waals surface area contributed by atoms with Gasteiger partial charge < -0.3 is 4.74 Å². The van der Waals surface area contributed by atoms with Crippen LogP contribution in [0.25, 0.3) is 0 Å². The van der Waals surface area contributed by atoms with Gasteiger partial charge in [-0.1, -0.05) is 30.3 Å². The number of hydrogen-bond donors (Lipinski definition) is 0. The molecule has 2 aromatic rings. The second-order valence-corrected chi connectivity index (χ2v) is 6.73. The Morgan fingerprint density at radius 3 is 2.69 bits per heavy atom. The van der Waals surface area contributed by atoms with E-state index in [-0.39, 0.29) is 17.6 Å². The lowest BCUT2D eigenvalue weighted by atomic mass is 9.89. The molecule has 2 unspecified atom stereocenters. The van der Waals surface area contributed by atoms with Gasteiger partial charge in [-0.15, -0.1) is 0 Å². The van der Waals surface area contributed by atoms with Gasteiger partial charge >= 0.3 is 0 Å². The van der Waals surface area contributed by atoms with E-state index >= 15 is 0 Å². The average Bonchev–Trinajstić information content (AvgIpc) is 2.68. The molecule has 1 amide bonds. The molecule has 2 heterocycles. The van der Waals surface area contributed by atoms with Gasteiger partial charge in [0.25, 0.3) is 0 Å². The smallest absolute Gasteiger partial charge is 0.235 e. The van der Waals surface area contributed by atoms with Crippen LogP contribution in [0.5, 0.6) is 0 Å². The van der Waals surface area contributed by atoms with Gasteiger partial charge in [0.15, 0.2) is 11.5 Å². The summed E-state index contributed by atoms with van der Waals surface area (Å²) in [5, 5.41) is 0. The minimum Gasteiger partial charge on any atom is -0.351 e. The third-order valence-corrected chi connectivity index (χ3v) is 4.97. The number of pyridine rings is 1. The maximum atomic E-state index is 13.4. The van der Waals surface area contributed by atoms with Crippen molar-refractivity contribution in [3.63, 3.8) is 0 Å². The Bertz CT molecular complexity index is 835. The normalized spacial score (nSPS) is 25.7. The highest BCUT2D eigenvalue weighted by atomic mass is 16.5. The number of ether oxygens (including phenoxy) is 1. The molecule has 4 rings (SSSR count). The number of allylic oxidation sites excluding steroid dienone is 1. The maximum Gasteiger partial charge on any atom is 0.235 e. The third kappa shape index (κ3) is 3.06. The first-order chi connectivity index (χ1) is 12.7. The van der Waals surface area contributed by atoms with Crippen molar-refractivity contribution in [1.82, 2.24) is 4.98 Å². The summed E-state index contributed by atoms with van der Waals surface area (Å²) in [6, 6.07) is 13.6. The maximum absolute atomic E-state index is 13.4. The summed E-state index contributed by atoms with van der Waals surface area (Å²) < 4.78 is 6.22. The first-order valence-corrected chi connectivity index (χ1v) is 8.82. The van der Waals surface area contributed by atoms with Crippen molar-refractivity contribution in [1.29, 1.82) is 0 Å². The average molecular weight is 348 g/mol. The molecule has 1 fully saturated rings. The fourth-order valence-corrected chi connectivity index (χ4v) is 3.63. The highest BCUT2D eigenvalue weighted by molar-refractivity contribution is 5.99. The molecule has 2 aliphatic rings. The molecule has 0 radical (unpaired) electrons. The van der Waals surface area contributed by atoms with Gasteiger partial charge in [-0.25, -0.2) is 0 Å². The Labute approximate surface area is 152 Å². The van der Waals surface area contributed by atoms with Gasteiger partial charge in [0.1, 0.15) is 0 Å². The highest BCUT2D eigenvalue weighted by Crippen LogP contribution is 2.38. The summed E-state index contributed by atoms with van der Waals surface area (Å²) in [4.78, 5) is 30.9. The molecular formula is C21H20N2O3. The molecular weight excluding hydrogens is 328 g/mol. The third-order valence-electron chi connectivity index (χ3n) is 4.97. The van der Waals surface area contributed by atoms with Crippen LogP contribution in [-0.2, 0) is 20.7 Å². The molecule has 2 atom stereocenters. The highest BCUT2D eigenvalue weighted by Gasteiger charge is 2.48. The molecule has 1 aliphatic carbocycles. The number of carbonyl (C=O) groups is 2. The molecule has 5 heteroatoms. The van der Waals surface area contributed by atoms with Crippen molar-refractivity contribution in [2.45, 2.75) is 25.0 Å². The van der Waals surface area contributed by atoms with Crippen LogP contribution in [0.3, 0.4) is 0 Å². The second kappa shape index (κ2) is 6.84. The predicted molar refractivity (Wildman–Crippen MR) is 97.4 cm³/mol. The van der Waals surface area contributed by atoms with E-state index < -0.39 is 5.72 Å². The monoisotopic (exact) mass is 348 g/mol. The van der Waals surface area contributed by atoms with Gasteiger partial charge in [-0.3, -0.25) is 19.5 Å². The number of carbonyl (C=O) groups excluding carboxylic acids is 2. The zero-order chi connectivity index (χ0) is 18.0. The summed E-state index contributed by atoms with van der Waals surface area (Å²) in [5.41, 5.74) is 0.890. The van der Waals surface area contributed by atoms with Crippen molar-refractivity contribution in [2.75, 3.05) is 11.5 Å². The van der Waals surface area contributed by atoms with E-state index in [1.54, 1.807) is 29.4 Å². The van der Waals surface area contributed by atoms with Crippen molar-refractivity contribution in [3.05, 3.63) is 72.6 Å². The predicted octanol–water partition coefficient (Wildman–Crippen LogP) is 2.92. The largest absolute Gasteiger partial charge is 0.351 e. The number of anilines is 1. The van der Waals surface area contributed by atoms with Crippen molar-refractivity contribution in [2.24, 2.45) is 5.92 Å². The molecule has 26 heavy (non-hydrogen) atoms. The van der Waals surface area contributed by atoms with E-state index in [1.807, 2.05) is 36.4 Å². The molecule has 132 valence electrons. The molecule has 5 nitrogen and oxygen atoms in total. The van der Waals surface area contributed by atoms with Gasteiger partial charge in [0.05, 0.1) is 24.4 Å². The van der Waals surface area contributed by atoms with Crippen molar-refractivity contribution < 1.29 is 14.3 Å². The lowest BCUT2D eigenvalue weighted by Gasteiger charge is -2.48. The number of benzene rings is 1. The number of nitrogens with zero attached hydrogens (tertiary/aromatic N) is 2. The van der Waals surface area contributed by atoms with E-state index in [2.05, 4.69) is 4.98 Å². The molecule has 1 aromatic carbocycles. The van der Waals surface area contributed by atoms with Crippen LogP contribution in [-0.4, -0.2) is 29.0 Å². The van der Waals surface area contributed by atoms with Gasteiger partial charge in [0, 0.05) is 19.0 Å². The molecule has 0 bridgehead atoms. The van der Waals surface area contributed by atoms with Crippen LogP contribution >= 0.6 is 0 Å². The Balaban J connectivity index is 1.68. The van der Waals surface area contributed by atoms with Crippen LogP contribution < -0.4 is 4.90 Å². The first-order valence-electron chi connectivity index (χ1n) is 8.82. The van der Waals surface area contributed by atoms with Crippen molar-refractivity contribution in [3.8, 4) is 0 Å². The standard InChI is InChI=1S/C21H20N2O3/c24-19-8-10-21(11-9-19)23(18-7-4-12-22-14-18)20(25)17(15-26-21)13-16-5-2-1-3-6-16/h1-8,10,12,14,17H,9,11,13,15H2. The topological polar surface area (TPSA) is 59.5 Å². The lowest BCUT2D eigenvalue weighted by Crippen LogP contribution is -2.61. The van der Waals surface area contributed by atoms with E-state index in [1.165, 1.54) is 6.08 Å². The van der Waals surface area contributed by atoms with Crippen LogP contribution in [0.2, 0.25) is 0 Å². The molecule has 1 aliphatic heterocycles. The molecule has 1 spiro atoms. The summed E-state index contributed by atoms with van der Waals surface area (Å²) in [5.74, 6) is -0.203. The first kappa shape index (κ1) is 16.7. The Hall–Kier alpha value is -2.79. The van der Waals surface area contributed by atoms with Crippen LogP contribution in [0.4, 0.5) is 5.69 Å². The van der Waals surface area contributed by atoms with E-state index in [0.29, 0.717) is 31.6 Å². The number of amides is 1. The van der Waals surface area contributed by atoms with Crippen LogP contribution in [0.1, 0.15) is 18.4 Å². The quantitative estimate of drug-likeness (QED) is 0.856. The summed E-state index contributed by atoms with van der Waals surface area (Å²) >= 11 is 0. The summed E-state index contributed by atoms with van der Waals surface area (Å²) in [7, 11) is 0. The zero-order valence-corrected chi connectivity index (χ0v) is 14.4. The van der Waals surface area contributed by atoms with Crippen molar-refractivity contribution >= 4 is 17.4 Å². The SMILES string of the molecule is O=C1C=CC2(CC1)OCC(Cc1ccccc1)C(=O)N2c1cccnc1. The fourth-order valence-electron chi connectivity index (χ4n) is 3.63. The molecule has 1 aromatic heterocycles. The van der Waals surface area contributed by atoms with Gasteiger partial charge in [-0.05, 0) is 36.3 Å². The minimum atomic E-state index is -0.902. The fraction of sp³-hybridized carbons (Fsp3) is 0.286. The summed E-state index contributed by atoms with van der Waals surface area (Å²) in [6.07, 6.45) is 8.03. The zero-order valence-electron chi connectivity index (χ0n) is 14.4. The molecule has 0 N–H and O–H groups in total. The van der Waals surface area contributed by atoms with Gasteiger partial charge in [0.2, 0.25) is 5.91 Å². The Morgan fingerprint density at radius 1 is 1.15 bits per heavy atom. The van der Waals surface area contributed by atoms with E-state index in [9.17, 15) is 9.59 Å². The lowest BCUT2D eigenvalue weighted by molar-refractivity contribution is -0.144. The van der Waals surface area contributed by atoms with Gasteiger partial charge in [-0.2, -0.15) is 0 Å². The number of hydrogen-bond acceptors (Lipinski definition) is 4. The number of rotatable bonds is 3. The van der Waals surface area contributed by atoms with Crippen LogP contribution in [0, 0.1) is 5.92 Å². The Kier molecular flexibility index (Phi) is 4.39. The van der Waals surface area contributed by atoms with Crippen LogP contribution in [0.15, 0.2) is 67.0 Å². The van der Waals surface area contributed by atoms with E-state index in [4.69, 9.17) is 4.74 Å². The Morgan fingerprint density at radius 2 is 2.00 bits per heavy atom. The minimum absolute atomic E-state index is 0.00658. The van der Waals surface area contributed by atoms with E-state index in [0.717, 1.165) is 5.56 Å². The number of ketones is 1. The number of aromatic nitrogens is 1. The molecule has 0 saturated carbocycles.